The van der Waals surface area contributed by atoms with E-state index in [1.54, 1.807) is 23.3 Å². The fraction of sp³-hybridized carbons (Fsp3) is 0.500. The Morgan fingerprint density at radius 1 is 1.38 bits per heavy atom. The molecule has 6 nitrogen and oxygen atoms in total. The molecule has 3 rings (SSSR count). The highest BCUT2D eigenvalue weighted by Gasteiger charge is 2.34. The van der Waals surface area contributed by atoms with Crippen molar-refractivity contribution in [3.8, 4) is 0 Å². The predicted octanol–water partition coefficient (Wildman–Crippen LogP) is 1.25. The topological polar surface area (TPSA) is 80.0 Å². The summed E-state index contributed by atoms with van der Waals surface area (Å²) in [5.74, 6) is 0.398. The highest BCUT2D eigenvalue weighted by Crippen LogP contribution is 2.31. The lowest BCUT2D eigenvalue weighted by Gasteiger charge is -2.38. The van der Waals surface area contributed by atoms with Crippen LogP contribution in [0.1, 0.15) is 30.4 Å². The van der Waals surface area contributed by atoms with Crippen LogP contribution in [0.25, 0.3) is 0 Å². The van der Waals surface area contributed by atoms with Crippen LogP contribution in [0.15, 0.2) is 36.9 Å². The van der Waals surface area contributed by atoms with Crippen LogP contribution in [0.3, 0.4) is 0 Å². The number of aryl methyl sites for hydroxylation is 2. The van der Waals surface area contributed by atoms with Gasteiger partial charge in [-0.3, -0.25) is 14.5 Å². The molecule has 0 bridgehead atoms. The van der Waals surface area contributed by atoms with Gasteiger partial charge >= 0.3 is 0 Å². The predicted molar refractivity (Wildman–Crippen MR) is 90.1 cm³/mol. The fourth-order valence-electron chi connectivity index (χ4n) is 3.20. The highest BCUT2D eigenvalue weighted by molar-refractivity contribution is 5.76. The molecule has 128 valence electrons. The van der Waals surface area contributed by atoms with Gasteiger partial charge in [0.05, 0.1) is 12.3 Å². The van der Waals surface area contributed by atoms with Gasteiger partial charge in [-0.25, -0.2) is 0 Å². The van der Waals surface area contributed by atoms with E-state index in [2.05, 4.69) is 15.4 Å². The molecule has 0 spiro atoms. The molecular formula is C18H24N4O2. The monoisotopic (exact) mass is 328 g/mol. The average Bonchev–Trinajstić information content (AvgIpc) is 2.96. The van der Waals surface area contributed by atoms with Crippen LogP contribution in [0.4, 0.5) is 0 Å². The number of carbonyl (C=O) groups is 1. The van der Waals surface area contributed by atoms with E-state index in [0.29, 0.717) is 18.8 Å². The SMILES string of the molecule is Cn1cc(CCC(=O)N[C@@H](Cc2ccncc2)C2CC(O)C2)cn1. The minimum Gasteiger partial charge on any atom is -0.393 e. The molecule has 1 fully saturated rings. The maximum absolute atomic E-state index is 12.3. The van der Waals surface area contributed by atoms with E-state index >= 15 is 0 Å². The Kier molecular flexibility index (Phi) is 5.25. The first kappa shape index (κ1) is 16.6. The van der Waals surface area contributed by atoms with Crippen molar-refractivity contribution >= 4 is 5.91 Å². The summed E-state index contributed by atoms with van der Waals surface area (Å²) in [6.45, 7) is 0. The van der Waals surface area contributed by atoms with Crippen molar-refractivity contribution in [1.82, 2.24) is 20.1 Å². The van der Waals surface area contributed by atoms with E-state index in [0.717, 1.165) is 30.4 Å². The number of aliphatic hydroxyl groups is 1. The number of rotatable bonds is 7. The zero-order valence-corrected chi connectivity index (χ0v) is 13.9. The summed E-state index contributed by atoms with van der Waals surface area (Å²) >= 11 is 0. The minimum absolute atomic E-state index is 0.0549. The first-order valence-electron chi connectivity index (χ1n) is 8.44. The van der Waals surface area contributed by atoms with Crippen molar-refractivity contribution in [1.29, 1.82) is 0 Å². The number of pyridine rings is 1. The third-order valence-electron chi connectivity index (χ3n) is 4.67. The molecule has 1 atom stereocenters. The van der Waals surface area contributed by atoms with E-state index < -0.39 is 0 Å². The van der Waals surface area contributed by atoms with Crippen molar-refractivity contribution in [3.63, 3.8) is 0 Å². The van der Waals surface area contributed by atoms with Gasteiger partial charge in [0.25, 0.3) is 0 Å². The molecule has 0 aromatic carbocycles. The molecule has 1 aliphatic rings. The Bertz CT molecular complexity index is 665. The molecule has 2 aromatic rings. The molecule has 0 unspecified atom stereocenters. The standard InChI is InChI=1S/C18H24N4O2/c1-22-12-14(11-20-22)2-3-18(24)21-17(15-9-16(23)10-15)8-13-4-6-19-7-5-13/h4-7,11-12,15-17,23H,2-3,8-10H2,1H3,(H,21,24)/t15?,16?,17-/m0/s1. The highest BCUT2D eigenvalue weighted by atomic mass is 16.3. The molecule has 2 aromatic heterocycles. The summed E-state index contributed by atoms with van der Waals surface area (Å²) in [5.41, 5.74) is 2.22. The quantitative estimate of drug-likeness (QED) is 0.801. The van der Waals surface area contributed by atoms with E-state index in [-0.39, 0.29) is 18.1 Å². The van der Waals surface area contributed by atoms with Gasteiger partial charge in [0.2, 0.25) is 5.91 Å². The maximum Gasteiger partial charge on any atom is 0.220 e. The molecule has 2 heterocycles. The molecule has 1 aliphatic carbocycles. The summed E-state index contributed by atoms with van der Waals surface area (Å²) in [7, 11) is 1.87. The number of amides is 1. The zero-order valence-electron chi connectivity index (χ0n) is 13.9. The van der Waals surface area contributed by atoms with Gasteiger partial charge in [-0.15, -0.1) is 0 Å². The Labute approximate surface area is 141 Å². The summed E-state index contributed by atoms with van der Waals surface area (Å²) in [6.07, 6.45) is 10.5. The van der Waals surface area contributed by atoms with E-state index in [1.807, 2.05) is 25.4 Å². The van der Waals surface area contributed by atoms with E-state index in [4.69, 9.17) is 0 Å². The Morgan fingerprint density at radius 3 is 2.75 bits per heavy atom. The zero-order chi connectivity index (χ0) is 16.9. The van der Waals surface area contributed by atoms with Crippen LogP contribution in [0.5, 0.6) is 0 Å². The third-order valence-corrected chi connectivity index (χ3v) is 4.67. The average molecular weight is 328 g/mol. The van der Waals surface area contributed by atoms with Crippen LogP contribution < -0.4 is 5.32 Å². The molecule has 0 radical (unpaired) electrons. The van der Waals surface area contributed by atoms with Gasteiger partial charge in [-0.2, -0.15) is 5.10 Å². The third kappa shape index (κ3) is 4.41. The van der Waals surface area contributed by atoms with Gasteiger partial charge in [0.1, 0.15) is 0 Å². The molecule has 1 amide bonds. The number of hydrogen-bond acceptors (Lipinski definition) is 4. The molecule has 2 N–H and O–H groups in total. The summed E-state index contributed by atoms with van der Waals surface area (Å²) in [5, 5.41) is 16.9. The largest absolute Gasteiger partial charge is 0.393 e. The van der Waals surface area contributed by atoms with Gasteiger partial charge in [-0.1, -0.05) is 0 Å². The summed E-state index contributed by atoms with van der Waals surface area (Å²) in [6, 6.07) is 4.02. The van der Waals surface area contributed by atoms with Gasteiger partial charge < -0.3 is 10.4 Å². The number of aromatic nitrogens is 3. The number of carbonyl (C=O) groups excluding carboxylic acids is 1. The van der Waals surface area contributed by atoms with Crippen molar-refractivity contribution in [3.05, 3.63) is 48.0 Å². The van der Waals surface area contributed by atoms with Crippen LogP contribution in [0.2, 0.25) is 0 Å². The molecule has 24 heavy (non-hydrogen) atoms. The summed E-state index contributed by atoms with van der Waals surface area (Å²) in [4.78, 5) is 16.4. The molecular weight excluding hydrogens is 304 g/mol. The van der Waals surface area contributed by atoms with Crippen molar-refractivity contribution in [2.75, 3.05) is 0 Å². The van der Waals surface area contributed by atoms with Crippen LogP contribution in [-0.4, -0.2) is 37.9 Å². The smallest absolute Gasteiger partial charge is 0.220 e. The van der Waals surface area contributed by atoms with E-state index in [9.17, 15) is 9.90 Å². The van der Waals surface area contributed by atoms with Crippen molar-refractivity contribution < 1.29 is 9.90 Å². The Hall–Kier alpha value is -2.21. The lowest BCUT2D eigenvalue weighted by atomic mass is 9.75. The van der Waals surface area contributed by atoms with E-state index in [1.165, 1.54) is 0 Å². The van der Waals surface area contributed by atoms with Crippen LogP contribution >= 0.6 is 0 Å². The lowest BCUT2D eigenvalue weighted by molar-refractivity contribution is -0.122. The van der Waals surface area contributed by atoms with Crippen LogP contribution in [0, 0.1) is 5.92 Å². The maximum atomic E-state index is 12.3. The normalized spacial score (nSPS) is 21.1. The molecule has 1 saturated carbocycles. The Morgan fingerprint density at radius 2 is 2.12 bits per heavy atom. The molecule has 6 heteroatoms. The first-order chi connectivity index (χ1) is 11.6. The summed E-state index contributed by atoms with van der Waals surface area (Å²) < 4.78 is 1.75. The second kappa shape index (κ2) is 7.57. The minimum atomic E-state index is -0.220. The van der Waals surface area contributed by atoms with Crippen LogP contribution in [-0.2, 0) is 24.7 Å². The fourth-order valence-corrected chi connectivity index (χ4v) is 3.20. The second-order valence-corrected chi connectivity index (χ2v) is 6.64. The first-order valence-corrected chi connectivity index (χ1v) is 8.44. The van der Waals surface area contributed by atoms with Gasteiger partial charge in [0.15, 0.2) is 0 Å². The second-order valence-electron chi connectivity index (χ2n) is 6.64. The van der Waals surface area contributed by atoms with Crippen molar-refractivity contribution in [2.24, 2.45) is 13.0 Å². The Balaban J connectivity index is 1.55. The number of nitrogens with zero attached hydrogens (tertiary/aromatic N) is 3. The lowest BCUT2D eigenvalue weighted by Crippen LogP contribution is -2.48. The van der Waals surface area contributed by atoms with Crippen molar-refractivity contribution in [2.45, 2.75) is 44.2 Å². The van der Waals surface area contributed by atoms with Gasteiger partial charge in [-0.05, 0) is 54.9 Å². The number of aliphatic hydroxyl groups excluding tert-OH is 1. The number of hydrogen-bond donors (Lipinski definition) is 2. The van der Waals surface area contributed by atoms with Gasteiger partial charge in [0, 0.05) is 38.1 Å². The molecule has 0 saturated heterocycles. The molecule has 0 aliphatic heterocycles. The number of nitrogens with one attached hydrogen (secondary N) is 1.